The molecule has 0 spiro atoms. The van der Waals surface area contributed by atoms with Crippen LogP contribution < -0.4 is 14.2 Å². The number of nitro benzene ring substituents is 1. The molecule has 0 aliphatic heterocycles. The number of aromatic nitrogens is 3. The summed E-state index contributed by atoms with van der Waals surface area (Å²) in [6, 6.07) is 7.29. The summed E-state index contributed by atoms with van der Waals surface area (Å²) in [6.45, 7) is 2.25. The Bertz CT molecular complexity index is 1280. The Morgan fingerprint density at radius 1 is 1.11 bits per heavy atom. The molecule has 2 N–H and O–H groups in total. The van der Waals surface area contributed by atoms with Crippen LogP contribution in [0.25, 0.3) is 17.5 Å². The van der Waals surface area contributed by atoms with E-state index >= 15 is 0 Å². The third-order valence-corrected chi connectivity index (χ3v) is 5.86. The van der Waals surface area contributed by atoms with Gasteiger partial charge in [-0.15, -0.1) is 10.2 Å². The van der Waals surface area contributed by atoms with E-state index in [2.05, 4.69) is 10.2 Å². The SMILES string of the molecule is CCn1c(S/C(=C/c2cc([N+](=O)[O-])cc(OC)c2O)C(=O)O)nnc1-c1cc(OC)cc(OC)c1. The lowest BCUT2D eigenvalue weighted by Gasteiger charge is -2.11. The second kappa shape index (κ2) is 10.8. The lowest BCUT2D eigenvalue weighted by Crippen LogP contribution is -2.03. The molecule has 0 aliphatic carbocycles. The zero-order chi connectivity index (χ0) is 25.7. The molecule has 0 fully saturated rings. The van der Waals surface area contributed by atoms with Crippen molar-refractivity contribution in [2.45, 2.75) is 18.6 Å². The van der Waals surface area contributed by atoms with Crippen LogP contribution in [0.1, 0.15) is 12.5 Å². The first-order chi connectivity index (χ1) is 16.7. The molecule has 3 rings (SSSR count). The number of phenolic OH excluding ortho intramolecular Hbond substituents is 1. The smallest absolute Gasteiger partial charge is 0.342 e. The predicted molar refractivity (Wildman–Crippen MR) is 127 cm³/mol. The van der Waals surface area contributed by atoms with E-state index in [1.165, 1.54) is 21.3 Å². The van der Waals surface area contributed by atoms with Gasteiger partial charge >= 0.3 is 5.97 Å². The molecule has 1 aromatic heterocycles. The number of nitrogens with zero attached hydrogens (tertiary/aromatic N) is 4. The van der Waals surface area contributed by atoms with E-state index in [1.54, 1.807) is 22.8 Å². The van der Waals surface area contributed by atoms with Crippen molar-refractivity contribution in [1.29, 1.82) is 0 Å². The largest absolute Gasteiger partial charge is 0.504 e. The van der Waals surface area contributed by atoms with Crippen LogP contribution in [0.3, 0.4) is 0 Å². The Kier molecular flexibility index (Phi) is 7.81. The van der Waals surface area contributed by atoms with Crippen LogP contribution in [0.2, 0.25) is 0 Å². The van der Waals surface area contributed by atoms with Crippen LogP contribution in [0.5, 0.6) is 23.0 Å². The molecule has 0 bridgehead atoms. The minimum absolute atomic E-state index is 0.0960. The van der Waals surface area contributed by atoms with E-state index < -0.39 is 16.6 Å². The summed E-state index contributed by atoms with van der Waals surface area (Å²) >= 11 is 0.781. The highest BCUT2D eigenvalue weighted by Gasteiger charge is 2.22. The number of ether oxygens (including phenoxy) is 3. The first-order valence-electron chi connectivity index (χ1n) is 10.1. The topological polar surface area (TPSA) is 159 Å². The first-order valence-corrected chi connectivity index (χ1v) is 10.9. The monoisotopic (exact) mass is 502 g/mol. The van der Waals surface area contributed by atoms with Crippen LogP contribution in [0, 0.1) is 10.1 Å². The molecule has 0 amide bonds. The molecule has 13 heteroatoms. The molecule has 0 atom stereocenters. The first kappa shape index (κ1) is 25.4. The maximum atomic E-state index is 12.0. The molecule has 0 aliphatic rings. The summed E-state index contributed by atoms with van der Waals surface area (Å²) in [5, 5.41) is 40.0. The molecule has 0 unspecified atom stereocenters. The van der Waals surface area contributed by atoms with Gasteiger partial charge in [-0.2, -0.15) is 0 Å². The van der Waals surface area contributed by atoms with E-state index in [-0.39, 0.29) is 27.1 Å². The van der Waals surface area contributed by atoms with Crippen molar-refractivity contribution in [3.63, 3.8) is 0 Å². The maximum Gasteiger partial charge on any atom is 0.342 e. The number of carboxylic acid groups (broad SMARTS) is 1. The molecule has 184 valence electrons. The van der Waals surface area contributed by atoms with Crippen molar-refractivity contribution >= 4 is 29.5 Å². The number of thioether (sulfide) groups is 1. The van der Waals surface area contributed by atoms with Crippen molar-refractivity contribution < 1.29 is 34.1 Å². The lowest BCUT2D eigenvalue weighted by atomic mass is 10.1. The Morgan fingerprint density at radius 3 is 2.29 bits per heavy atom. The van der Waals surface area contributed by atoms with Gasteiger partial charge in [-0.05, 0) is 36.9 Å². The normalized spacial score (nSPS) is 11.3. The minimum Gasteiger partial charge on any atom is -0.504 e. The van der Waals surface area contributed by atoms with Gasteiger partial charge in [-0.1, -0.05) is 0 Å². The average molecular weight is 503 g/mol. The number of phenols is 1. The highest BCUT2D eigenvalue weighted by molar-refractivity contribution is 8.04. The molecule has 0 saturated carbocycles. The predicted octanol–water partition coefficient (Wildman–Crippen LogP) is 3.82. The Labute approximate surface area is 203 Å². The number of benzene rings is 2. The zero-order valence-corrected chi connectivity index (χ0v) is 20.0. The van der Waals surface area contributed by atoms with Gasteiger partial charge < -0.3 is 29.0 Å². The van der Waals surface area contributed by atoms with E-state index in [9.17, 15) is 25.1 Å². The van der Waals surface area contributed by atoms with Crippen molar-refractivity contribution in [2.24, 2.45) is 0 Å². The molecule has 1 heterocycles. The van der Waals surface area contributed by atoms with Gasteiger partial charge in [0.15, 0.2) is 22.5 Å². The molecular weight excluding hydrogens is 480 g/mol. The second-order valence-electron chi connectivity index (χ2n) is 6.91. The number of rotatable bonds is 10. The summed E-state index contributed by atoms with van der Waals surface area (Å²) < 4.78 is 17.3. The van der Waals surface area contributed by atoms with E-state index in [1.807, 2.05) is 6.92 Å². The van der Waals surface area contributed by atoms with Gasteiger partial charge in [0.2, 0.25) is 0 Å². The molecular formula is C22H22N4O8S. The summed E-state index contributed by atoms with van der Waals surface area (Å²) in [5.74, 6) is -0.377. The summed E-state index contributed by atoms with van der Waals surface area (Å²) in [6.07, 6.45) is 1.11. The average Bonchev–Trinajstić information content (AvgIpc) is 3.26. The van der Waals surface area contributed by atoms with Crippen LogP contribution in [0.4, 0.5) is 5.69 Å². The fraction of sp³-hybridized carbons (Fsp3) is 0.227. The molecule has 0 radical (unpaired) electrons. The van der Waals surface area contributed by atoms with Crippen molar-refractivity contribution in [3.05, 3.63) is 50.9 Å². The molecule has 3 aromatic rings. The van der Waals surface area contributed by atoms with Crippen LogP contribution in [-0.2, 0) is 11.3 Å². The third-order valence-electron chi connectivity index (χ3n) is 4.86. The van der Waals surface area contributed by atoms with Crippen molar-refractivity contribution in [2.75, 3.05) is 21.3 Å². The van der Waals surface area contributed by atoms with Crippen LogP contribution in [0.15, 0.2) is 40.4 Å². The minimum atomic E-state index is -1.32. The van der Waals surface area contributed by atoms with E-state index in [4.69, 9.17) is 14.2 Å². The number of carboxylic acids is 1. The summed E-state index contributed by atoms with van der Waals surface area (Å²) in [4.78, 5) is 22.3. The standard InChI is InChI=1S/C22H22N4O8S/c1-5-25-20(13-7-15(32-2)11-16(8-13)33-3)23-24-22(25)35-18(21(28)29)9-12-6-14(26(30)31)10-17(34-4)19(12)27/h6-11,27H,5H2,1-4H3,(H,28,29)/b18-9+. The maximum absolute atomic E-state index is 12.0. The van der Waals surface area contributed by atoms with Crippen LogP contribution in [-0.4, -0.2) is 57.2 Å². The Hall–Kier alpha value is -4.26. The molecule has 35 heavy (non-hydrogen) atoms. The number of hydrogen-bond donors (Lipinski definition) is 2. The lowest BCUT2D eigenvalue weighted by molar-refractivity contribution is -0.385. The fourth-order valence-corrected chi connectivity index (χ4v) is 4.04. The highest BCUT2D eigenvalue weighted by atomic mass is 32.2. The van der Waals surface area contributed by atoms with E-state index in [0.717, 1.165) is 30.0 Å². The van der Waals surface area contributed by atoms with Crippen molar-refractivity contribution in [1.82, 2.24) is 14.8 Å². The summed E-state index contributed by atoms with van der Waals surface area (Å²) in [5.41, 5.74) is 0.178. The summed E-state index contributed by atoms with van der Waals surface area (Å²) in [7, 11) is 4.28. The van der Waals surface area contributed by atoms with Gasteiger partial charge in [-0.3, -0.25) is 10.1 Å². The number of aliphatic carboxylic acids is 1. The number of non-ortho nitro benzene ring substituents is 1. The van der Waals surface area contributed by atoms with Crippen LogP contribution >= 0.6 is 11.8 Å². The fourth-order valence-electron chi connectivity index (χ4n) is 3.16. The number of hydrogen-bond acceptors (Lipinski definition) is 10. The quantitative estimate of drug-likeness (QED) is 0.179. The number of aromatic hydroxyl groups is 1. The van der Waals surface area contributed by atoms with E-state index in [0.29, 0.717) is 29.4 Å². The molecule has 0 saturated heterocycles. The molecule has 12 nitrogen and oxygen atoms in total. The Balaban J connectivity index is 2.07. The number of methoxy groups -OCH3 is 3. The number of carbonyl (C=O) groups is 1. The second-order valence-corrected chi connectivity index (χ2v) is 7.92. The van der Waals surface area contributed by atoms with Gasteiger partial charge in [-0.25, -0.2) is 4.79 Å². The molecule has 2 aromatic carbocycles. The third kappa shape index (κ3) is 5.46. The van der Waals surface area contributed by atoms with Gasteiger partial charge in [0.1, 0.15) is 16.4 Å². The van der Waals surface area contributed by atoms with Gasteiger partial charge in [0, 0.05) is 29.8 Å². The highest BCUT2D eigenvalue weighted by Crippen LogP contribution is 2.38. The van der Waals surface area contributed by atoms with Gasteiger partial charge in [0.25, 0.3) is 5.69 Å². The zero-order valence-electron chi connectivity index (χ0n) is 19.2. The Morgan fingerprint density at radius 2 is 1.77 bits per heavy atom. The van der Waals surface area contributed by atoms with Crippen molar-refractivity contribution in [3.8, 4) is 34.4 Å². The van der Waals surface area contributed by atoms with Gasteiger partial charge in [0.05, 0.1) is 32.3 Å². The number of nitro groups is 1.